The number of hydrogen-bond acceptors (Lipinski definition) is 4. The van der Waals surface area contributed by atoms with Gasteiger partial charge in [0.2, 0.25) is 0 Å². The summed E-state index contributed by atoms with van der Waals surface area (Å²) in [5.74, 6) is -1.72. The molecule has 2 N–H and O–H groups in total. The van der Waals surface area contributed by atoms with Crippen molar-refractivity contribution in [1.82, 2.24) is 15.7 Å². The first-order chi connectivity index (χ1) is 11.1. The van der Waals surface area contributed by atoms with Gasteiger partial charge in [-0.3, -0.25) is 14.6 Å². The number of amides is 2. The van der Waals surface area contributed by atoms with Crippen LogP contribution in [-0.4, -0.2) is 23.0 Å². The van der Waals surface area contributed by atoms with E-state index >= 15 is 0 Å². The van der Waals surface area contributed by atoms with Gasteiger partial charge in [0, 0.05) is 11.8 Å². The summed E-state index contributed by atoms with van der Waals surface area (Å²) in [5.41, 5.74) is 3.19. The van der Waals surface area contributed by atoms with Crippen LogP contribution in [0.2, 0.25) is 10.0 Å². The van der Waals surface area contributed by atoms with Gasteiger partial charge in [-0.15, -0.1) is 0 Å². The predicted molar refractivity (Wildman–Crippen MR) is 88.3 cm³/mol. The molecule has 2 rings (SSSR count). The van der Waals surface area contributed by atoms with Crippen LogP contribution in [0.15, 0.2) is 47.7 Å². The highest BCUT2D eigenvalue weighted by Crippen LogP contribution is 2.21. The van der Waals surface area contributed by atoms with Crippen LogP contribution in [0, 0.1) is 0 Å². The lowest BCUT2D eigenvalue weighted by molar-refractivity contribution is -0.139. The number of hydrazone groups is 1. The van der Waals surface area contributed by atoms with Crippen molar-refractivity contribution in [2.45, 2.75) is 6.54 Å². The first-order valence-electron chi connectivity index (χ1n) is 6.53. The van der Waals surface area contributed by atoms with Gasteiger partial charge in [-0.1, -0.05) is 35.3 Å². The number of carbonyl (C=O) groups excluding carboxylic acids is 2. The fourth-order valence-corrected chi connectivity index (χ4v) is 2.09. The van der Waals surface area contributed by atoms with E-state index in [1.54, 1.807) is 42.6 Å². The minimum absolute atomic E-state index is 0.146. The molecule has 0 aliphatic carbocycles. The highest BCUT2D eigenvalue weighted by molar-refractivity contribution is 6.38. The number of halogens is 2. The second-order valence-corrected chi connectivity index (χ2v) is 5.15. The molecule has 2 aromatic rings. The summed E-state index contributed by atoms with van der Waals surface area (Å²) in [6, 6.07) is 10.2. The number of benzene rings is 1. The molecule has 0 bridgehead atoms. The molecule has 2 amide bonds. The molecule has 0 saturated heterocycles. The van der Waals surface area contributed by atoms with Crippen LogP contribution in [0.1, 0.15) is 11.3 Å². The van der Waals surface area contributed by atoms with Crippen molar-refractivity contribution in [1.29, 1.82) is 0 Å². The van der Waals surface area contributed by atoms with E-state index < -0.39 is 11.8 Å². The van der Waals surface area contributed by atoms with Gasteiger partial charge in [-0.2, -0.15) is 5.10 Å². The normalized spacial score (nSPS) is 10.5. The minimum Gasteiger partial charge on any atom is -0.342 e. The number of hydrogen-bond donors (Lipinski definition) is 2. The molecule has 0 atom stereocenters. The fourth-order valence-electron chi connectivity index (χ4n) is 1.59. The number of carbonyl (C=O) groups is 2. The second kappa shape index (κ2) is 8.26. The second-order valence-electron chi connectivity index (χ2n) is 4.34. The number of nitrogens with one attached hydrogen (secondary N) is 2. The van der Waals surface area contributed by atoms with Crippen LogP contribution >= 0.6 is 23.2 Å². The van der Waals surface area contributed by atoms with Gasteiger partial charge in [0.05, 0.1) is 28.5 Å². The zero-order valence-electron chi connectivity index (χ0n) is 11.8. The van der Waals surface area contributed by atoms with E-state index in [2.05, 4.69) is 20.8 Å². The molecule has 0 fully saturated rings. The smallest absolute Gasteiger partial charge is 0.329 e. The molecule has 0 unspecified atom stereocenters. The van der Waals surface area contributed by atoms with E-state index in [9.17, 15) is 9.59 Å². The summed E-state index contributed by atoms with van der Waals surface area (Å²) in [7, 11) is 0. The summed E-state index contributed by atoms with van der Waals surface area (Å²) < 4.78 is 0. The van der Waals surface area contributed by atoms with Crippen molar-refractivity contribution in [3.05, 3.63) is 63.9 Å². The average molecular weight is 351 g/mol. The number of nitrogens with zero attached hydrogens (tertiary/aromatic N) is 2. The van der Waals surface area contributed by atoms with Crippen molar-refractivity contribution in [3.8, 4) is 0 Å². The summed E-state index contributed by atoms with van der Waals surface area (Å²) in [6.45, 7) is 0.146. The molecule has 23 heavy (non-hydrogen) atoms. The topological polar surface area (TPSA) is 83.5 Å². The van der Waals surface area contributed by atoms with Crippen LogP contribution in [-0.2, 0) is 16.1 Å². The maximum atomic E-state index is 11.6. The Bertz CT molecular complexity index is 715. The van der Waals surface area contributed by atoms with E-state index in [1.807, 2.05) is 0 Å². The summed E-state index contributed by atoms with van der Waals surface area (Å²) in [6.07, 6.45) is 2.87. The summed E-state index contributed by atoms with van der Waals surface area (Å²) in [4.78, 5) is 27.2. The summed E-state index contributed by atoms with van der Waals surface area (Å²) in [5, 5.41) is 6.87. The third-order valence-corrected chi connectivity index (χ3v) is 3.38. The maximum absolute atomic E-state index is 11.6. The van der Waals surface area contributed by atoms with Gasteiger partial charge < -0.3 is 5.32 Å². The van der Waals surface area contributed by atoms with E-state index in [-0.39, 0.29) is 6.54 Å². The first-order valence-corrected chi connectivity index (χ1v) is 7.28. The highest BCUT2D eigenvalue weighted by atomic mass is 35.5. The fraction of sp³-hybridized carbons (Fsp3) is 0.0667. The molecule has 0 spiro atoms. The highest BCUT2D eigenvalue weighted by Gasteiger charge is 2.12. The van der Waals surface area contributed by atoms with E-state index in [0.29, 0.717) is 21.3 Å². The Morgan fingerprint density at radius 1 is 1.09 bits per heavy atom. The standard InChI is InChI=1S/C15H12Cl2N4O2/c16-12-5-3-6-13(17)11(12)9-20-21-15(23)14(22)19-8-10-4-1-2-7-18-10/h1-7,9H,8H2,(H,19,22)(H,21,23)/b20-9-. The Hall–Kier alpha value is -2.44. The Morgan fingerprint density at radius 2 is 1.83 bits per heavy atom. The quantitative estimate of drug-likeness (QED) is 0.503. The van der Waals surface area contributed by atoms with Crippen molar-refractivity contribution < 1.29 is 9.59 Å². The molecular weight excluding hydrogens is 339 g/mol. The van der Waals surface area contributed by atoms with Crippen molar-refractivity contribution >= 4 is 41.2 Å². The maximum Gasteiger partial charge on any atom is 0.329 e. The van der Waals surface area contributed by atoms with Gasteiger partial charge in [-0.25, -0.2) is 5.43 Å². The molecule has 0 saturated carbocycles. The third kappa shape index (κ3) is 5.05. The molecule has 1 aromatic heterocycles. The Labute approximate surface area is 142 Å². The van der Waals surface area contributed by atoms with Crippen molar-refractivity contribution in [2.24, 2.45) is 5.10 Å². The molecule has 1 heterocycles. The van der Waals surface area contributed by atoms with Gasteiger partial charge in [0.15, 0.2) is 0 Å². The van der Waals surface area contributed by atoms with Gasteiger partial charge in [-0.05, 0) is 24.3 Å². The van der Waals surface area contributed by atoms with Crippen molar-refractivity contribution in [3.63, 3.8) is 0 Å². The molecule has 0 aliphatic rings. The minimum atomic E-state index is -0.902. The molecule has 8 heteroatoms. The summed E-state index contributed by atoms with van der Waals surface area (Å²) >= 11 is 11.9. The van der Waals surface area contributed by atoms with Crippen LogP contribution < -0.4 is 10.7 Å². The lowest BCUT2D eigenvalue weighted by atomic mass is 10.2. The van der Waals surface area contributed by atoms with E-state index in [1.165, 1.54) is 6.21 Å². The lowest BCUT2D eigenvalue weighted by Crippen LogP contribution is -2.37. The van der Waals surface area contributed by atoms with Crippen LogP contribution in [0.3, 0.4) is 0 Å². The molecule has 118 valence electrons. The van der Waals surface area contributed by atoms with Gasteiger partial charge >= 0.3 is 11.8 Å². The monoisotopic (exact) mass is 350 g/mol. The molecular formula is C15H12Cl2N4O2. The molecule has 0 radical (unpaired) electrons. The Balaban J connectivity index is 1.86. The predicted octanol–water partition coefficient (Wildman–Crippen LogP) is 2.15. The zero-order chi connectivity index (χ0) is 16.7. The Kier molecular flexibility index (Phi) is 6.08. The number of pyridine rings is 1. The average Bonchev–Trinajstić information content (AvgIpc) is 2.56. The zero-order valence-corrected chi connectivity index (χ0v) is 13.3. The molecule has 1 aromatic carbocycles. The lowest BCUT2D eigenvalue weighted by Gasteiger charge is -2.03. The number of aromatic nitrogens is 1. The van der Waals surface area contributed by atoms with E-state index in [0.717, 1.165) is 0 Å². The number of rotatable bonds is 4. The van der Waals surface area contributed by atoms with Gasteiger partial charge in [0.25, 0.3) is 0 Å². The van der Waals surface area contributed by atoms with E-state index in [4.69, 9.17) is 23.2 Å². The van der Waals surface area contributed by atoms with Crippen LogP contribution in [0.25, 0.3) is 0 Å². The van der Waals surface area contributed by atoms with Crippen LogP contribution in [0.5, 0.6) is 0 Å². The Morgan fingerprint density at radius 3 is 2.48 bits per heavy atom. The van der Waals surface area contributed by atoms with Crippen LogP contribution in [0.4, 0.5) is 0 Å². The molecule has 6 nitrogen and oxygen atoms in total. The third-order valence-electron chi connectivity index (χ3n) is 2.72. The first kappa shape index (κ1) is 16.9. The van der Waals surface area contributed by atoms with Gasteiger partial charge in [0.1, 0.15) is 0 Å². The molecule has 0 aliphatic heterocycles. The SMILES string of the molecule is O=C(NCc1ccccn1)C(=O)N/N=C\c1c(Cl)cccc1Cl. The largest absolute Gasteiger partial charge is 0.342 e. The van der Waals surface area contributed by atoms with Crippen molar-refractivity contribution in [2.75, 3.05) is 0 Å².